The van der Waals surface area contributed by atoms with E-state index >= 15 is 0 Å². The first kappa shape index (κ1) is 12.6. The number of piperidine rings is 1. The predicted molar refractivity (Wildman–Crippen MR) is 76.6 cm³/mol. The molecule has 100 valence electrons. The summed E-state index contributed by atoms with van der Waals surface area (Å²) in [4.78, 5) is 2.16. The highest BCUT2D eigenvalue weighted by molar-refractivity contribution is 6.34. The van der Waals surface area contributed by atoms with E-state index in [-0.39, 0.29) is 12.6 Å². The molecule has 2 aromatic rings. The van der Waals surface area contributed by atoms with Crippen LogP contribution in [0.4, 0.5) is 5.82 Å². The number of fused-ring (bicyclic) bond motifs is 1. The fraction of sp³-hybridized carbons (Fsp3) is 0.429. The molecule has 5 heteroatoms. The number of halogens is 1. The lowest BCUT2D eigenvalue weighted by Gasteiger charge is -2.35. The van der Waals surface area contributed by atoms with Gasteiger partial charge in [-0.3, -0.25) is 0 Å². The molecule has 0 spiro atoms. The normalized spacial score (nSPS) is 19.9. The van der Waals surface area contributed by atoms with Crippen LogP contribution in [0.2, 0.25) is 5.15 Å². The van der Waals surface area contributed by atoms with Gasteiger partial charge >= 0.3 is 0 Å². The molecule has 1 unspecified atom stereocenters. The highest BCUT2D eigenvalue weighted by Crippen LogP contribution is 2.31. The maximum absolute atomic E-state index is 9.53. The zero-order chi connectivity index (χ0) is 13.2. The summed E-state index contributed by atoms with van der Waals surface area (Å²) in [6.45, 7) is 1.06. The average molecular weight is 278 g/mol. The summed E-state index contributed by atoms with van der Waals surface area (Å²) in [6.07, 6.45) is 3.27. The van der Waals surface area contributed by atoms with E-state index in [4.69, 9.17) is 11.6 Å². The lowest BCUT2D eigenvalue weighted by atomic mass is 10.0. The maximum atomic E-state index is 9.53. The Hall–Kier alpha value is -1.39. The summed E-state index contributed by atoms with van der Waals surface area (Å²) >= 11 is 6.10. The molecule has 1 aliphatic rings. The van der Waals surface area contributed by atoms with E-state index in [1.807, 2.05) is 24.3 Å². The van der Waals surface area contributed by atoms with Crippen molar-refractivity contribution in [1.29, 1.82) is 0 Å². The standard InChI is InChI=1S/C14H16ClN3O/c15-13-11-6-1-2-7-12(11)14(17-16-13)18-8-4-3-5-10(18)9-19/h1-2,6-7,10,19H,3-5,8-9H2. The third-order valence-electron chi connectivity index (χ3n) is 3.73. The summed E-state index contributed by atoms with van der Waals surface area (Å²) in [7, 11) is 0. The first-order valence-electron chi connectivity index (χ1n) is 6.59. The Balaban J connectivity index is 2.11. The molecule has 0 bridgehead atoms. The Morgan fingerprint density at radius 3 is 2.79 bits per heavy atom. The molecule has 1 aliphatic heterocycles. The molecular formula is C14H16ClN3O. The predicted octanol–water partition coefficient (Wildman–Crippen LogP) is 2.63. The first-order chi connectivity index (χ1) is 9.31. The van der Waals surface area contributed by atoms with Crippen LogP contribution in [0.25, 0.3) is 10.8 Å². The number of anilines is 1. The van der Waals surface area contributed by atoms with Crippen LogP contribution in [0.15, 0.2) is 24.3 Å². The van der Waals surface area contributed by atoms with Crippen LogP contribution in [0.5, 0.6) is 0 Å². The van der Waals surface area contributed by atoms with Crippen molar-refractivity contribution >= 4 is 28.2 Å². The second kappa shape index (κ2) is 5.31. The number of rotatable bonds is 2. The van der Waals surface area contributed by atoms with Gasteiger partial charge in [-0.15, -0.1) is 10.2 Å². The van der Waals surface area contributed by atoms with Crippen LogP contribution in [-0.4, -0.2) is 34.5 Å². The molecule has 19 heavy (non-hydrogen) atoms. The van der Waals surface area contributed by atoms with Crippen molar-refractivity contribution < 1.29 is 5.11 Å². The minimum Gasteiger partial charge on any atom is -0.394 e. The average Bonchev–Trinajstić information content (AvgIpc) is 2.48. The molecular weight excluding hydrogens is 262 g/mol. The molecule has 0 saturated carbocycles. The van der Waals surface area contributed by atoms with E-state index in [0.717, 1.165) is 42.4 Å². The number of aliphatic hydroxyl groups is 1. The number of aromatic nitrogens is 2. The molecule has 0 radical (unpaired) electrons. The van der Waals surface area contributed by atoms with Crippen LogP contribution < -0.4 is 4.90 Å². The van der Waals surface area contributed by atoms with Gasteiger partial charge in [0, 0.05) is 17.3 Å². The van der Waals surface area contributed by atoms with E-state index in [1.54, 1.807) is 0 Å². The number of benzene rings is 1. The molecule has 0 amide bonds. The van der Waals surface area contributed by atoms with Gasteiger partial charge in [-0.05, 0) is 19.3 Å². The monoisotopic (exact) mass is 277 g/mol. The SMILES string of the molecule is OCC1CCCCN1c1nnc(Cl)c2ccccc12. The van der Waals surface area contributed by atoms with Gasteiger partial charge < -0.3 is 10.0 Å². The molecule has 1 aromatic heterocycles. The van der Waals surface area contributed by atoms with Gasteiger partial charge in [-0.25, -0.2) is 0 Å². The number of aliphatic hydroxyl groups excluding tert-OH is 1. The fourth-order valence-corrected chi connectivity index (χ4v) is 2.94. The summed E-state index contributed by atoms with van der Waals surface area (Å²) in [5.74, 6) is 0.832. The molecule has 0 aliphatic carbocycles. The third kappa shape index (κ3) is 2.26. The zero-order valence-electron chi connectivity index (χ0n) is 10.6. The van der Waals surface area contributed by atoms with Crippen molar-refractivity contribution in [3.63, 3.8) is 0 Å². The number of hydrogen-bond donors (Lipinski definition) is 1. The first-order valence-corrected chi connectivity index (χ1v) is 6.97. The second-order valence-corrected chi connectivity index (χ2v) is 5.24. The molecule has 3 rings (SSSR count). The van der Waals surface area contributed by atoms with Crippen LogP contribution in [-0.2, 0) is 0 Å². The Labute approximate surface area is 117 Å². The van der Waals surface area contributed by atoms with E-state index in [9.17, 15) is 5.11 Å². The molecule has 1 fully saturated rings. The largest absolute Gasteiger partial charge is 0.394 e. The van der Waals surface area contributed by atoms with Gasteiger partial charge in [-0.1, -0.05) is 35.9 Å². The Kier molecular flexibility index (Phi) is 3.53. The van der Waals surface area contributed by atoms with Gasteiger partial charge in [0.05, 0.1) is 12.6 Å². The zero-order valence-corrected chi connectivity index (χ0v) is 11.3. The van der Waals surface area contributed by atoms with Gasteiger partial charge in [0.1, 0.15) is 0 Å². The summed E-state index contributed by atoms with van der Waals surface area (Å²) < 4.78 is 0. The van der Waals surface area contributed by atoms with Gasteiger partial charge in [0.15, 0.2) is 11.0 Å². The molecule has 1 atom stereocenters. The van der Waals surface area contributed by atoms with Gasteiger partial charge in [0.25, 0.3) is 0 Å². The minimum atomic E-state index is 0.132. The van der Waals surface area contributed by atoms with Crippen LogP contribution in [0.3, 0.4) is 0 Å². The highest BCUT2D eigenvalue weighted by atomic mass is 35.5. The number of nitrogens with zero attached hydrogens (tertiary/aromatic N) is 3. The maximum Gasteiger partial charge on any atom is 0.159 e. The Bertz CT molecular complexity index is 590. The van der Waals surface area contributed by atoms with Crippen molar-refractivity contribution in [3.8, 4) is 0 Å². The van der Waals surface area contributed by atoms with Crippen molar-refractivity contribution in [2.45, 2.75) is 25.3 Å². The molecule has 2 heterocycles. The third-order valence-corrected chi connectivity index (χ3v) is 4.01. The van der Waals surface area contributed by atoms with Crippen LogP contribution >= 0.6 is 11.6 Å². The summed E-state index contributed by atoms with van der Waals surface area (Å²) in [5, 5.41) is 20.2. The van der Waals surface area contributed by atoms with Crippen LogP contribution in [0, 0.1) is 0 Å². The lowest BCUT2D eigenvalue weighted by molar-refractivity contribution is 0.239. The highest BCUT2D eigenvalue weighted by Gasteiger charge is 2.25. The second-order valence-electron chi connectivity index (χ2n) is 4.89. The molecule has 4 nitrogen and oxygen atoms in total. The molecule has 1 aromatic carbocycles. The Morgan fingerprint density at radius 2 is 2.00 bits per heavy atom. The summed E-state index contributed by atoms with van der Waals surface area (Å²) in [6, 6.07) is 8.01. The van der Waals surface area contributed by atoms with Crippen LogP contribution in [0.1, 0.15) is 19.3 Å². The van der Waals surface area contributed by atoms with Gasteiger partial charge in [0.2, 0.25) is 0 Å². The van der Waals surface area contributed by atoms with E-state index in [2.05, 4.69) is 15.1 Å². The quantitative estimate of drug-likeness (QED) is 0.917. The summed E-state index contributed by atoms with van der Waals surface area (Å²) in [5.41, 5.74) is 0. The number of hydrogen-bond acceptors (Lipinski definition) is 4. The Morgan fingerprint density at radius 1 is 1.21 bits per heavy atom. The fourth-order valence-electron chi connectivity index (χ4n) is 2.74. The topological polar surface area (TPSA) is 49.2 Å². The smallest absolute Gasteiger partial charge is 0.159 e. The van der Waals surface area contributed by atoms with Crippen molar-refractivity contribution in [1.82, 2.24) is 10.2 Å². The molecule has 1 N–H and O–H groups in total. The van der Waals surface area contributed by atoms with E-state index in [0.29, 0.717) is 5.15 Å². The van der Waals surface area contributed by atoms with Gasteiger partial charge in [-0.2, -0.15) is 0 Å². The van der Waals surface area contributed by atoms with Crippen molar-refractivity contribution in [2.24, 2.45) is 0 Å². The minimum absolute atomic E-state index is 0.132. The van der Waals surface area contributed by atoms with Crippen molar-refractivity contribution in [2.75, 3.05) is 18.1 Å². The van der Waals surface area contributed by atoms with E-state index < -0.39 is 0 Å². The van der Waals surface area contributed by atoms with Crippen molar-refractivity contribution in [3.05, 3.63) is 29.4 Å². The van der Waals surface area contributed by atoms with E-state index in [1.165, 1.54) is 0 Å². The lowest BCUT2D eigenvalue weighted by Crippen LogP contribution is -2.42. The molecule has 1 saturated heterocycles.